The molecule has 9 nitrogen and oxygen atoms in total. The van der Waals surface area contributed by atoms with E-state index in [1.807, 2.05) is 26.6 Å². The number of methoxy groups -OCH3 is 1. The van der Waals surface area contributed by atoms with E-state index in [1.165, 1.54) is 31.4 Å². The van der Waals surface area contributed by atoms with E-state index >= 15 is 0 Å². The van der Waals surface area contributed by atoms with Gasteiger partial charge in [0.2, 0.25) is 0 Å². The van der Waals surface area contributed by atoms with E-state index in [2.05, 4.69) is 4.74 Å². The largest absolute Gasteiger partial charge is 0.508 e. The molecule has 0 aliphatic heterocycles. The van der Waals surface area contributed by atoms with E-state index in [0.29, 0.717) is 6.42 Å². The summed E-state index contributed by atoms with van der Waals surface area (Å²) >= 11 is 0. The van der Waals surface area contributed by atoms with Crippen LogP contribution in [0.4, 0.5) is 4.79 Å². The highest BCUT2D eigenvalue weighted by Crippen LogP contribution is 2.32. The molecule has 0 aliphatic carbocycles. The van der Waals surface area contributed by atoms with Crippen molar-refractivity contribution in [3.8, 4) is 0 Å². The molecule has 2 aromatic rings. The minimum absolute atomic E-state index is 0.0114. The van der Waals surface area contributed by atoms with Crippen LogP contribution in [0.25, 0.3) is 0 Å². The molecular formula is C28H40O9S2Si. The maximum absolute atomic E-state index is 13.9. The monoisotopic (exact) mass is 612 g/mol. The standard InChI is InChI=1S/C28H40O9S2Si/c1-7-23(15-14-20-35-28(29)34-3)36-22(2)26(37-40(4,5)6)21-27(38(30,31)24-16-10-8-11-17-24)39(32,33)25-18-12-9-13-19-25/h8-19,22-23,26-27H,7,20-21H2,1-6H3/b15-14+/t22-,23-,26+/m0/s1. The molecule has 0 heterocycles. The zero-order valence-electron chi connectivity index (χ0n) is 23.8. The second-order valence-electron chi connectivity index (χ2n) is 10.1. The fourth-order valence-electron chi connectivity index (χ4n) is 3.95. The maximum Gasteiger partial charge on any atom is 0.508 e. The molecule has 0 spiro atoms. The molecule has 0 bridgehead atoms. The van der Waals surface area contributed by atoms with Gasteiger partial charge in [-0.1, -0.05) is 49.4 Å². The first-order valence-electron chi connectivity index (χ1n) is 13.0. The summed E-state index contributed by atoms with van der Waals surface area (Å²) in [5, 5.41) is 0. The van der Waals surface area contributed by atoms with Crippen molar-refractivity contribution in [3.05, 3.63) is 72.8 Å². The van der Waals surface area contributed by atoms with E-state index in [9.17, 15) is 21.6 Å². The summed E-state index contributed by atoms with van der Waals surface area (Å²) in [6.45, 7) is 9.47. The number of hydrogen-bond acceptors (Lipinski definition) is 9. The summed E-state index contributed by atoms with van der Waals surface area (Å²) in [5.74, 6) is 0. The lowest BCUT2D eigenvalue weighted by Gasteiger charge is -2.34. The molecule has 0 aliphatic rings. The topological polar surface area (TPSA) is 122 Å². The Balaban J connectivity index is 2.46. The predicted octanol–water partition coefficient (Wildman–Crippen LogP) is 5.39. The number of rotatable bonds is 15. The second-order valence-corrected chi connectivity index (χ2v) is 19.2. The molecular weight excluding hydrogens is 573 g/mol. The number of hydrogen-bond donors (Lipinski definition) is 0. The van der Waals surface area contributed by atoms with Gasteiger partial charge < -0.3 is 18.6 Å². The van der Waals surface area contributed by atoms with E-state index < -0.39 is 57.0 Å². The number of carbonyl (C=O) groups excluding carboxylic acids is 1. The van der Waals surface area contributed by atoms with Gasteiger partial charge in [-0.05, 0) is 63.3 Å². The molecule has 0 radical (unpaired) electrons. The van der Waals surface area contributed by atoms with Crippen LogP contribution in [0.15, 0.2) is 82.6 Å². The summed E-state index contributed by atoms with van der Waals surface area (Å²) in [6, 6.07) is 15.1. The smallest absolute Gasteiger partial charge is 0.438 e. The third-order valence-electron chi connectivity index (χ3n) is 5.90. The third kappa shape index (κ3) is 9.84. The van der Waals surface area contributed by atoms with Gasteiger partial charge in [0.1, 0.15) is 6.61 Å². The SMILES string of the molecule is CC[C@@H](/C=C/COC(=O)OC)O[C@@H](C)[C@@H](CC(S(=O)(=O)c1ccccc1)S(=O)(=O)c1ccccc1)O[Si](C)(C)C. The molecule has 0 fully saturated rings. The van der Waals surface area contributed by atoms with Gasteiger partial charge in [-0.15, -0.1) is 0 Å². The summed E-state index contributed by atoms with van der Waals surface area (Å²) in [6.07, 6.45) is 0.848. The Morgan fingerprint density at radius 2 is 1.40 bits per heavy atom. The second kappa shape index (κ2) is 14.9. The Labute approximate surface area is 239 Å². The molecule has 0 N–H and O–H groups in total. The van der Waals surface area contributed by atoms with Crippen LogP contribution in [0.2, 0.25) is 19.6 Å². The molecule has 12 heteroatoms. The summed E-state index contributed by atoms with van der Waals surface area (Å²) in [5.41, 5.74) is 0. The van der Waals surface area contributed by atoms with Crippen molar-refractivity contribution < 1.29 is 40.3 Å². The van der Waals surface area contributed by atoms with Crippen LogP contribution >= 0.6 is 0 Å². The molecule has 0 saturated heterocycles. The molecule has 222 valence electrons. The fraction of sp³-hybridized carbons (Fsp3) is 0.464. The maximum atomic E-state index is 13.9. The summed E-state index contributed by atoms with van der Waals surface area (Å²) in [7, 11) is -9.75. The number of carbonyl (C=O) groups is 1. The lowest BCUT2D eigenvalue weighted by molar-refractivity contribution is -0.0465. The van der Waals surface area contributed by atoms with Crippen molar-refractivity contribution in [2.75, 3.05) is 13.7 Å². The van der Waals surface area contributed by atoms with Gasteiger partial charge in [0.25, 0.3) is 0 Å². The lowest BCUT2D eigenvalue weighted by Crippen LogP contribution is -2.45. The van der Waals surface area contributed by atoms with Crippen molar-refractivity contribution in [2.45, 2.75) is 79.0 Å². The van der Waals surface area contributed by atoms with Crippen LogP contribution < -0.4 is 0 Å². The van der Waals surface area contributed by atoms with E-state index in [-0.39, 0.29) is 22.8 Å². The van der Waals surface area contributed by atoms with Crippen molar-refractivity contribution in [1.29, 1.82) is 0 Å². The van der Waals surface area contributed by atoms with Crippen LogP contribution in [-0.2, 0) is 38.3 Å². The molecule has 2 aromatic carbocycles. The Morgan fingerprint density at radius 1 is 0.900 bits per heavy atom. The Bertz CT molecular complexity index is 1240. The molecule has 3 atom stereocenters. The van der Waals surface area contributed by atoms with Crippen molar-refractivity contribution in [3.63, 3.8) is 0 Å². The first kappa shape index (κ1) is 33.7. The Morgan fingerprint density at radius 3 is 1.82 bits per heavy atom. The average Bonchev–Trinajstić information content (AvgIpc) is 2.92. The normalized spacial score (nSPS) is 15.1. The number of sulfone groups is 2. The van der Waals surface area contributed by atoms with Gasteiger partial charge in [-0.3, -0.25) is 0 Å². The molecule has 2 rings (SSSR count). The zero-order chi connectivity index (χ0) is 30.0. The van der Waals surface area contributed by atoms with Gasteiger partial charge in [0, 0.05) is 6.42 Å². The van der Waals surface area contributed by atoms with Crippen molar-refractivity contribution in [2.24, 2.45) is 0 Å². The van der Waals surface area contributed by atoms with Gasteiger partial charge in [0.15, 0.2) is 32.6 Å². The zero-order valence-corrected chi connectivity index (χ0v) is 26.5. The van der Waals surface area contributed by atoms with Gasteiger partial charge in [-0.2, -0.15) is 0 Å². The molecule has 0 aromatic heterocycles. The minimum atomic E-state index is -4.34. The van der Waals surface area contributed by atoms with E-state index in [0.717, 1.165) is 0 Å². The van der Waals surface area contributed by atoms with E-state index in [1.54, 1.807) is 55.5 Å². The third-order valence-corrected chi connectivity index (χ3v) is 12.1. The molecule has 0 amide bonds. The minimum Gasteiger partial charge on any atom is -0.438 e. The first-order chi connectivity index (χ1) is 18.7. The first-order valence-corrected chi connectivity index (χ1v) is 19.5. The number of ether oxygens (including phenoxy) is 3. The highest BCUT2D eigenvalue weighted by molar-refractivity contribution is 8.09. The van der Waals surface area contributed by atoms with Crippen LogP contribution in [0, 0.1) is 0 Å². The quantitative estimate of drug-likeness (QED) is 0.148. The Kier molecular flexibility index (Phi) is 12.6. The van der Waals surface area contributed by atoms with E-state index in [4.69, 9.17) is 13.9 Å². The van der Waals surface area contributed by atoms with Crippen LogP contribution in [0.3, 0.4) is 0 Å². The predicted molar refractivity (Wildman–Crippen MR) is 156 cm³/mol. The van der Waals surface area contributed by atoms with Crippen LogP contribution in [0.1, 0.15) is 26.7 Å². The van der Waals surface area contributed by atoms with Gasteiger partial charge in [-0.25, -0.2) is 21.6 Å². The molecule has 0 saturated carbocycles. The lowest BCUT2D eigenvalue weighted by atomic mass is 10.1. The van der Waals surface area contributed by atoms with Crippen molar-refractivity contribution >= 4 is 34.1 Å². The summed E-state index contributed by atoms with van der Waals surface area (Å²) < 4.78 is 75.6. The number of benzene rings is 2. The van der Waals surface area contributed by atoms with Gasteiger partial charge in [0.05, 0.1) is 35.2 Å². The fourth-order valence-corrected chi connectivity index (χ4v) is 9.71. The Hall–Kier alpha value is -2.51. The highest BCUT2D eigenvalue weighted by atomic mass is 32.3. The summed E-state index contributed by atoms with van der Waals surface area (Å²) in [4.78, 5) is 11.0. The van der Waals surface area contributed by atoms with Gasteiger partial charge >= 0.3 is 6.16 Å². The molecule has 0 unspecified atom stereocenters. The highest BCUT2D eigenvalue weighted by Gasteiger charge is 2.43. The molecule has 40 heavy (non-hydrogen) atoms. The van der Waals surface area contributed by atoms with Crippen molar-refractivity contribution in [1.82, 2.24) is 0 Å². The van der Waals surface area contributed by atoms with Crippen LogP contribution in [0.5, 0.6) is 0 Å². The average molecular weight is 613 g/mol. The van der Waals surface area contributed by atoms with Crippen LogP contribution in [-0.4, -0.2) is 67.9 Å².